The summed E-state index contributed by atoms with van der Waals surface area (Å²) in [7, 11) is 0. The van der Waals surface area contributed by atoms with E-state index >= 15 is 0 Å². The van der Waals surface area contributed by atoms with Gasteiger partial charge in [-0.1, -0.05) is 94.4 Å². The van der Waals surface area contributed by atoms with Crippen LogP contribution in [-0.4, -0.2) is 16.9 Å². The first-order valence-corrected chi connectivity index (χ1v) is 12.3. The van der Waals surface area contributed by atoms with E-state index in [0.717, 1.165) is 43.3 Å². The Bertz CT molecular complexity index is 787. The van der Waals surface area contributed by atoms with Crippen LogP contribution in [0.2, 0.25) is 0 Å². The second kappa shape index (κ2) is 14.1. The van der Waals surface area contributed by atoms with Gasteiger partial charge in [-0.25, -0.2) is 0 Å². The molecule has 1 atom stereocenters. The number of carbonyl (C=O) groups excluding carboxylic acids is 1. The number of rotatable bonds is 13. The molecule has 0 spiro atoms. The number of carboxylic acid groups (broad SMARTS) is 1. The molecule has 1 rings (SSSR count). The Morgan fingerprint density at radius 2 is 1.75 bits per heavy atom. The summed E-state index contributed by atoms with van der Waals surface area (Å²) in [5.41, 5.74) is 5.06. The lowest BCUT2D eigenvalue weighted by molar-refractivity contribution is -0.145. The predicted molar refractivity (Wildman–Crippen MR) is 136 cm³/mol. The normalized spacial score (nSPS) is 18.6. The molecule has 0 bridgehead atoms. The lowest BCUT2D eigenvalue weighted by Gasteiger charge is -2.32. The fourth-order valence-electron chi connectivity index (χ4n) is 4.34. The summed E-state index contributed by atoms with van der Waals surface area (Å²) >= 11 is 0. The summed E-state index contributed by atoms with van der Waals surface area (Å²) in [4.78, 5) is 24.0. The van der Waals surface area contributed by atoms with Crippen molar-refractivity contribution in [2.45, 2.75) is 99.3 Å². The summed E-state index contributed by atoms with van der Waals surface area (Å²) in [5, 5.41) is 9.44. The Balaban J connectivity index is 2.71. The summed E-state index contributed by atoms with van der Waals surface area (Å²) in [6.07, 6.45) is 20.9. The molecular weight excluding hydrogens is 396 g/mol. The average molecular weight is 441 g/mol. The first-order valence-electron chi connectivity index (χ1n) is 12.3. The summed E-state index contributed by atoms with van der Waals surface area (Å²) in [6.45, 7) is 12.9. The van der Waals surface area contributed by atoms with Crippen LogP contribution in [0.25, 0.3) is 0 Å². The molecule has 0 aromatic rings. The van der Waals surface area contributed by atoms with Crippen molar-refractivity contribution in [3.63, 3.8) is 0 Å². The van der Waals surface area contributed by atoms with Crippen LogP contribution in [0.5, 0.6) is 0 Å². The van der Waals surface area contributed by atoms with Crippen LogP contribution in [0.15, 0.2) is 58.7 Å². The van der Waals surface area contributed by atoms with Gasteiger partial charge < -0.3 is 5.11 Å². The third-order valence-electron chi connectivity index (χ3n) is 6.38. The SMILES string of the molecule is CCCCCCCC(C(=O)O)C(=O)/C=C(C)/C=C/C=C(C)/C=C/C1=C(C)CCCC1(C)C. The zero-order chi connectivity index (χ0) is 24.1. The molecule has 1 unspecified atom stereocenters. The second-order valence-corrected chi connectivity index (χ2v) is 9.92. The van der Waals surface area contributed by atoms with Gasteiger partial charge in [-0.3, -0.25) is 9.59 Å². The highest BCUT2D eigenvalue weighted by atomic mass is 16.4. The quantitative estimate of drug-likeness (QED) is 0.136. The predicted octanol–water partition coefficient (Wildman–Crippen LogP) is 8.15. The van der Waals surface area contributed by atoms with Crippen LogP contribution in [0.1, 0.15) is 99.3 Å². The standard InChI is InChI=1S/C29H44O3/c1-7-8-9-10-11-17-25(28(31)32)27(30)21-23(3)15-12-14-22(2)18-19-26-24(4)16-13-20-29(26,5)6/h12,14-15,18-19,21,25H,7-11,13,16-17,20H2,1-6H3,(H,31,32)/b15-12+,19-18+,22-14+,23-21+. The van der Waals surface area contributed by atoms with Crippen LogP contribution in [0.4, 0.5) is 0 Å². The largest absolute Gasteiger partial charge is 0.481 e. The Hall–Kier alpha value is -2.16. The Kier molecular flexibility index (Phi) is 12.3. The fourth-order valence-corrected chi connectivity index (χ4v) is 4.34. The topological polar surface area (TPSA) is 54.4 Å². The van der Waals surface area contributed by atoms with E-state index < -0.39 is 11.9 Å². The van der Waals surface area contributed by atoms with Crippen molar-refractivity contribution in [3.8, 4) is 0 Å². The Morgan fingerprint density at radius 1 is 1.06 bits per heavy atom. The van der Waals surface area contributed by atoms with Crippen LogP contribution in [0.3, 0.4) is 0 Å². The van der Waals surface area contributed by atoms with Crippen molar-refractivity contribution >= 4 is 11.8 Å². The van der Waals surface area contributed by atoms with Crippen molar-refractivity contribution < 1.29 is 14.7 Å². The van der Waals surface area contributed by atoms with E-state index in [1.54, 1.807) is 0 Å². The smallest absolute Gasteiger partial charge is 0.314 e. The number of aliphatic carboxylic acids is 1. The zero-order valence-electron chi connectivity index (χ0n) is 21.2. The molecule has 0 aromatic heterocycles. The van der Waals surface area contributed by atoms with E-state index in [4.69, 9.17) is 0 Å². The van der Waals surface area contributed by atoms with Gasteiger partial charge in [0.15, 0.2) is 5.78 Å². The van der Waals surface area contributed by atoms with E-state index in [-0.39, 0.29) is 11.2 Å². The van der Waals surface area contributed by atoms with Gasteiger partial charge in [0.1, 0.15) is 5.92 Å². The molecule has 0 fully saturated rings. The van der Waals surface area contributed by atoms with Crippen molar-refractivity contribution in [2.75, 3.05) is 0 Å². The number of hydrogen-bond acceptors (Lipinski definition) is 2. The minimum absolute atomic E-state index is 0.228. The van der Waals surface area contributed by atoms with Crippen LogP contribution in [-0.2, 0) is 9.59 Å². The van der Waals surface area contributed by atoms with Gasteiger partial charge in [0.2, 0.25) is 0 Å². The van der Waals surface area contributed by atoms with Gasteiger partial charge in [-0.2, -0.15) is 0 Å². The van der Waals surface area contributed by atoms with Gasteiger partial charge in [-0.15, -0.1) is 0 Å². The molecular formula is C29H44O3. The Morgan fingerprint density at radius 3 is 2.38 bits per heavy atom. The maximum absolute atomic E-state index is 12.5. The highest BCUT2D eigenvalue weighted by molar-refractivity contribution is 6.04. The van der Waals surface area contributed by atoms with Crippen LogP contribution >= 0.6 is 0 Å². The Labute approximate surface area is 196 Å². The highest BCUT2D eigenvalue weighted by Gasteiger charge is 2.26. The van der Waals surface area contributed by atoms with Crippen LogP contribution < -0.4 is 0 Å². The van der Waals surface area contributed by atoms with Gasteiger partial charge in [0.05, 0.1) is 0 Å². The lowest BCUT2D eigenvalue weighted by Crippen LogP contribution is -2.22. The molecule has 1 N–H and O–H groups in total. The summed E-state index contributed by atoms with van der Waals surface area (Å²) in [5.74, 6) is -2.26. The molecule has 178 valence electrons. The van der Waals surface area contributed by atoms with E-state index in [9.17, 15) is 14.7 Å². The monoisotopic (exact) mass is 440 g/mol. The molecule has 3 heteroatoms. The van der Waals surface area contributed by atoms with E-state index in [1.807, 2.05) is 25.2 Å². The maximum atomic E-state index is 12.5. The van der Waals surface area contributed by atoms with Gasteiger partial charge >= 0.3 is 5.97 Å². The molecule has 0 aliphatic heterocycles. The highest BCUT2D eigenvalue weighted by Crippen LogP contribution is 2.40. The molecule has 0 aromatic carbocycles. The molecule has 0 heterocycles. The molecule has 1 aliphatic carbocycles. The van der Waals surface area contributed by atoms with Crippen molar-refractivity contribution in [2.24, 2.45) is 11.3 Å². The average Bonchev–Trinajstić information content (AvgIpc) is 2.69. The minimum Gasteiger partial charge on any atom is -0.481 e. The van der Waals surface area contributed by atoms with Crippen LogP contribution in [0, 0.1) is 11.3 Å². The minimum atomic E-state index is -1.02. The molecule has 0 saturated carbocycles. The molecule has 3 nitrogen and oxygen atoms in total. The maximum Gasteiger partial charge on any atom is 0.314 e. The third kappa shape index (κ3) is 9.97. The van der Waals surface area contributed by atoms with Crippen molar-refractivity contribution in [1.29, 1.82) is 0 Å². The first kappa shape index (κ1) is 27.9. The van der Waals surface area contributed by atoms with E-state index in [1.165, 1.54) is 36.5 Å². The number of hydrogen-bond donors (Lipinski definition) is 1. The van der Waals surface area contributed by atoms with Crippen molar-refractivity contribution in [1.82, 2.24) is 0 Å². The van der Waals surface area contributed by atoms with Crippen molar-refractivity contribution in [3.05, 3.63) is 58.7 Å². The number of allylic oxidation sites excluding steroid dienone is 10. The number of ketones is 1. The van der Waals surface area contributed by atoms with E-state index in [0.29, 0.717) is 6.42 Å². The zero-order valence-corrected chi connectivity index (χ0v) is 21.2. The van der Waals surface area contributed by atoms with Gasteiger partial charge in [0, 0.05) is 0 Å². The van der Waals surface area contributed by atoms with Gasteiger partial charge in [-0.05, 0) is 69.1 Å². The van der Waals surface area contributed by atoms with E-state index in [2.05, 4.69) is 46.8 Å². The molecule has 0 amide bonds. The van der Waals surface area contributed by atoms with Gasteiger partial charge in [0.25, 0.3) is 0 Å². The second-order valence-electron chi connectivity index (χ2n) is 9.92. The number of carboxylic acids is 1. The first-order chi connectivity index (χ1) is 15.1. The molecule has 0 saturated heterocycles. The lowest BCUT2D eigenvalue weighted by atomic mass is 9.72. The molecule has 0 radical (unpaired) electrons. The third-order valence-corrected chi connectivity index (χ3v) is 6.38. The number of unbranched alkanes of at least 4 members (excludes halogenated alkanes) is 4. The summed E-state index contributed by atoms with van der Waals surface area (Å²) < 4.78 is 0. The number of carbonyl (C=O) groups is 2. The molecule has 1 aliphatic rings. The fraction of sp³-hybridized carbons (Fsp3) is 0.586. The summed E-state index contributed by atoms with van der Waals surface area (Å²) in [6, 6.07) is 0. The molecule has 32 heavy (non-hydrogen) atoms.